The summed E-state index contributed by atoms with van der Waals surface area (Å²) in [5.74, 6) is -3.48. The summed E-state index contributed by atoms with van der Waals surface area (Å²) in [6.45, 7) is 4.03. The number of hydrogen-bond donors (Lipinski definition) is 4. The molecule has 2 rings (SSSR count). The molecular formula is C20H33F2N3O5. The van der Waals surface area contributed by atoms with Crippen molar-refractivity contribution in [1.82, 2.24) is 16.0 Å². The van der Waals surface area contributed by atoms with Crippen molar-refractivity contribution in [2.75, 3.05) is 13.2 Å². The average Bonchev–Trinajstić information content (AvgIpc) is 3.06. The third-order valence-electron chi connectivity index (χ3n) is 5.55. The maximum Gasteiger partial charge on any atom is 0.408 e. The van der Waals surface area contributed by atoms with Gasteiger partial charge in [-0.15, -0.1) is 0 Å². The summed E-state index contributed by atoms with van der Waals surface area (Å²) >= 11 is 0. The first-order valence-corrected chi connectivity index (χ1v) is 10.6. The van der Waals surface area contributed by atoms with Crippen LogP contribution in [0.1, 0.15) is 58.8 Å². The van der Waals surface area contributed by atoms with E-state index in [2.05, 4.69) is 16.0 Å². The van der Waals surface area contributed by atoms with E-state index >= 15 is 0 Å². The lowest BCUT2D eigenvalue weighted by Gasteiger charge is -2.29. The highest BCUT2D eigenvalue weighted by atomic mass is 19.3. The first kappa shape index (κ1) is 24.3. The Morgan fingerprint density at radius 1 is 1.23 bits per heavy atom. The molecule has 0 unspecified atom stereocenters. The second kappa shape index (κ2) is 10.9. The SMILES string of the molecule is CC(C)C[C@H](NC(=O)OC1CCC(F)(F)CC1)C(=O)N[C@H](CO)C[C@@H]1CCNC1=O. The van der Waals surface area contributed by atoms with E-state index in [1.54, 1.807) is 0 Å². The molecule has 1 saturated carbocycles. The van der Waals surface area contributed by atoms with Crippen molar-refractivity contribution < 1.29 is 33.0 Å². The Morgan fingerprint density at radius 2 is 1.90 bits per heavy atom. The van der Waals surface area contributed by atoms with Crippen molar-refractivity contribution in [3.8, 4) is 0 Å². The Morgan fingerprint density at radius 3 is 2.43 bits per heavy atom. The summed E-state index contributed by atoms with van der Waals surface area (Å²) in [6, 6.07) is -1.51. The smallest absolute Gasteiger partial charge is 0.408 e. The quantitative estimate of drug-likeness (QED) is 0.442. The Balaban J connectivity index is 1.88. The largest absolute Gasteiger partial charge is 0.446 e. The van der Waals surface area contributed by atoms with Crippen molar-refractivity contribution in [3.05, 3.63) is 0 Å². The van der Waals surface area contributed by atoms with Gasteiger partial charge in [0, 0.05) is 25.3 Å². The van der Waals surface area contributed by atoms with Gasteiger partial charge in [0.1, 0.15) is 12.1 Å². The number of carbonyl (C=O) groups excluding carboxylic acids is 3. The number of alkyl halides is 2. The molecule has 8 nitrogen and oxygen atoms in total. The van der Waals surface area contributed by atoms with E-state index in [0.29, 0.717) is 25.8 Å². The Labute approximate surface area is 175 Å². The van der Waals surface area contributed by atoms with E-state index < -0.39 is 36.1 Å². The van der Waals surface area contributed by atoms with E-state index in [4.69, 9.17) is 4.74 Å². The highest BCUT2D eigenvalue weighted by Gasteiger charge is 2.37. The maximum atomic E-state index is 13.2. The van der Waals surface area contributed by atoms with Crippen molar-refractivity contribution in [2.45, 2.75) is 82.9 Å². The van der Waals surface area contributed by atoms with Crippen molar-refractivity contribution >= 4 is 17.9 Å². The number of ether oxygens (including phenoxy) is 1. The maximum absolute atomic E-state index is 13.2. The van der Waals surface area contributed by atoms with Gasteiger partial charge in [0.2, 0.25) is 17.7 Å². The Bertz CT molecular complexity index is 607. The molecule has 1 aliphatic carbocycles. The standard InChI is InChI=1S/C20H33F2N3O5/c1-12(2)9-16(25-19(29)30-15-3-6-20(21,22)7-4-15)18(28)24-14(11-26)10-13-5-8-23-17(13)27/h12-16,26H,3-11H2,1-2H3,(H,23,27)(H,24,28)(H,25,29)/t13-,14-,16-/m0/s1. The van der Waals surface area contributed by atoms with E-state index in [1.807, 2.05) is 13.8 Å². The van der Waals surface area contributed by atoms with Crippen LogP contribution < -0.4 is 16.0 Å². The van der Waals surface area contributed by atoms with Crippen LogP contribution in [0.4, 0.5) is 13.6 Å². The number of amides is 3. The number of aliphatic hydroxyl groups excluding tert-OH is 1. The summed E-state index contributed by atoms with van der Waals surface area (Å²) in [7, 11) is 0. The lowest BCUT2D eigenvalue weighted by atomic mass is 9.94. The number of aliphatic hydroxyl groups is 1. The predicted molar refractivity (Wildman–Crippen MR) is 105 cm³/mol. The molecule has 30 heavy (non-hydrogen) atoms. The Hall–Kier alpha value is -1.97. The third kappa shape index (κ3) is 7.70. The Kier molecular flexibility index (Phi) is 8.81. The molecule has 1 saturated heterocycles. The summed E-state index contributed by atoms with van der Waals surface area (Å²) in [5, 5.41) is 17.6. The van der Waals surface area contributed by atoms with Crippen LogP contribution in [0.2, 0.25) is 0 Å². The van der Waals surface area contributed by atoms with E-state index in [0.717, 1.165) is 0 Å². The molecule has 0 radical (unpaired) electrons. The van der Waals surface area contributed by atoms with Crippen LogP contribution in [0.3, 0.4) is 0 Å². The molecule has 3 amide bonds. The fraction of sp³-hybridized carbons (Fsp3) is 0.850. The van der Waals surface area contributed by atoms with Crippen LogP contribution >= 0.6 is 0 Å². The van der Waals surface area contributed by atoms with Gasteiger partial charge in [-0.2, -0.15) is 0 Å². The van der Waals surface area contributed by atoms with Crippen molar-refractivity contribution in [2.24, 2.45) is 11.8 Å². The number of rotatable bonds is 9. The van der Waals surface area contributed by atoms with Crippen LogP contribution in [-0.2, 0) is 14.3 Å². The van der Waals surface area contributed by atoms with Gasteiger partial charge in [-0.3, -0.25) is 9.59 Å². The van der Waals surface area contributed by atoms with Crippen LogP contribution in [0.15, 0.2) is 0 Å². The number of nitrogens with one attached hydrogen (secondary N) is 3. The normalized spacial score (nSPS) is 23.5. The first-order chi connectivity index (χ1) is 14.1. The highest BCUT2D eigenvalue weighted by Crippen LogP contribution is 2.34. The third-order valence-corrected chi connectivity index (χ3v) is 5.55. The molecule has 0 aromatic rings. The number of carbonyl (C=O) groups is 3. The van der Waals surface area contributed by atoms with Gasteiger partial charge in [0.05, 0.1) is 12.6 Å². The van der Waals surface area contributed by atoms with Crippen molar-refractivity contribution in [3.63, 3.8) is 0 Å². The average molecular weight is 433 g/mol. The fourth-order valence-electron chi connectivity index (χ4n) is 3.86. The molecule has 0 aromatic heterocycles. The lowest BCUT2D eigenvalue weighted by Crippen LogP contribution is -2.52. The van der Waals surface area contributed by atoms with E-state index in [1.165, 1.54) is 0 Å². The van der Waals surface area contributed by atoms with Crippen molar-refractivity contribution in [1.29, 1.82) is 0 Å². The molecule has 10 heteroatoms. The second-order valence-electron chi connectivity index (χ2n) is 8.69. The van der Waals surface area contributed by atoms with Crippen LogP contribution in [0, 0.1) is 11.8 Å². The molecule has 2 fully saturated rings. The zero-order valence-corrected chi connectivity index (χ0v) is 17.6. The first-order valence-electron chi connectivity index (χ1n) is 10.6. The monoisotopic (exact) mass is 433 g/mol. The molecule has 4 N–H and O–H groups in total. The predicted octanol–water partition coefficient (Wildman–Crippen LogP) is 1.71. The highest BCUT2D eigenvalue weighted by molar-refractivity contribution is 5.86. The minimum atomic E-state index is -2.72. The van der Waals surface area contributed by atoms with Crippen LogP contribution in [0.5, 0.6) is 0 Å². The molecule has 1 heterocycles. The van der Waals surface area contributed by atoms with Gasteiger partial charge in [-0.05, 0) is 38.0 Å². The molecule has 0 aromatic carbocycles. The van der Waals surface area contributed by atoms with Gasteiger partial charge in [0.15, 0.2) is 0 Å². The molecule has 3 atom stereocenters. The topological polar surface area (TPSA) is 117 Å². The van der Waals surface area contributed by atoms with Gasteiger partial charge in [-0.1, -0.05) is 13.8 Å². The minimum absolute atomic E-state index is 0.0809. The summed E-state index contributed by atoms with van der Waals surface area (Å²) in [4.78, 5) is 36.7. The molecule has 1 aliphatic heterocycles. The van der Waals surface area contributed by atoms with Gasteiger partial charge in [0.25, 0.3) is 0 Å². The molecule has 0 spiro atoms. The molecular weight excluding hydrogens is 400 g/mol. The zero-order valence-electron chi connectivity index (χ0n) is 17.6. The van der Waals surface area contributed by atoms with E-state index in [9.17, 15) is 28.3 Å². The van der Waals surface area contributed by atoms with Gasteiger partial charge >= 0.3 is 6.09 Å². The number of hydrogen-bond acceptors (Lipinski definition) is 5. The number of halogens is 2. The minimum Gasteiger partial charge on any atom is -0.446 e. The van der Waals surface area contributed by atoms with E-state index in [-0.39, 0.29) is 50.0 Å². The summed E-state index contributed by atoms with van der Waals surface area (Å²) in [5.41, 5.74) is 0. The molecule has 0 bridgehead atoms. The van der Waals surface area contributed by atoms with Crippen LogP contribution in [-0.4, -0.2) is 60.3 Å². The molecule has 2 aliphatic rings. The van der Waals surface area contributed by atoms with Gasteiger partial charge < -0.3 is 25.8 Å². The molecule has 172 valence electrons. The second-order valence-corrected chi connectivity index (χ2v) is 8.69. The van der Waals surface area contributed by atoms with Gasteiger partial charge in [-0.25, -0.2) is 13.6 Å². The summed E-state index contributed by atoms with van der Waals surface area (Å²) < 4.78 is 31.7. The fourth-order valence-corrected chi connectivity index (χ4v) is 3.86. The zero-order chi connectivity index (χ0) is 22.3. The van der Waals surface area contributed by atoms with Crippen LogP contribution in [0.25, 0.3) is 0 Å². The summed E-state index contributed by atoms with van der Waals surface area (Å²) in [6.07, 6.45) is -0.614. The lowest BCUT2D eigenvalue weighted by molar-refractivity contribution is -0.126. The number of alkyl carbamates (subject to hydrolysis) is 1.